The summed E-state index contributed by atoms with van der Waals surface area (Å²) >= 11 is 3.24. The summed E-state index contributed by atoms with van der Waals surface area (Å²) in [5, 5.41) is 3.91. The van der Waals surface area contributed by atoms with Gasteiger partial charge in [0.1, 0.15) is 6.04 Å². The van der Waals surface area contributed by atoms with Gasteiger partial charge in [-0.3, -0.25) is 19.3 Å². The Kier molecular flexibility index (Phi) is 8.09. The summed E-state index contributed by atoms with van der Waals surface area (Å²) in [5.41, 5.74) is 1.73. The minimum absolute atomic E-state index is 0.161. The summed E-state index contributed by atoms with van der Waals surface area (Å²) < 4.78 is 0. The molecule has 1 N–H and O–H groups in total. The van der Waals surface area contributed by atoms with E-state index in [1.807, 2.05) is 48.7 Å². The molecule has 2 heterocycles. The van der Waals surface area contributed by atoms with Crippen molar-refractivity contribution in [3.63, 3.8) is 0 Å². The van der Waals surface area contributed by atoms with E-state index < -0.39 is 6.04 Å². The highest BCUT2D eigenvalue weighted by Gasteiger charge is 2.51. The van der Waals surface area contributed by atoms with E-state index >= 15 is 0 Å². The molecule has 1 aromatic heterocycles. The second kappa shape index (κ2) is 11.2. The smallest absolute Gasteiger partial charge is 0.247 e. The Morgan fingerprint density at radius 1 is 1.12 bits per heavy atom. The van der Waals surface area contributed by atoms with Crippen LogP contribution in [0.3, 0.4) is 0 Å². The average Bonchev–Trinajstić information content (AvgIpc) is 3.09. The number of carbonyl (C=O) groups is 3. The van der Waals surface area contributed by atoms with Gasteiger partial charge >= 0.3 is 0 Å². The molecule has 1 saturated carbocycles. The molecule has 0 radical (unpaired) electrons. The second-order valence-electron chi connectivity index (χ2n) is 8.49. The van der Waals surface area contributed by atoms with E-state index in [2.05, 4.69) is 10.3 Å². The van der Waals surface area contributed by atoms with Crippen molar-refractivity contribution in [1.29, 1.82) is 0 Å². The SMILES string of the molecule is CSCCC(C(=O)Nc1cccc(CSc2ccccn2)c1)N1C(=O)C2CCCCC2C1=O. The lowest BCUT2D eigenvalue weighted by Gasteiger charge is -2.26. The van der Waals surface area contributed by atoms with Crippen LogP contribution in [-0.2, 0) is 20.1 Å². The normalized spacial score (nSPS) is 21.1. The van der Waals surface area contributed by atoms with Crippen molar-refractivity contribution >= 4 is 46.9 Å². The Labute approximate surface area is 203 Å². The van der Waals surface area contributed by atoms with Crippen LogP contribution in [-0.4, -0.2) is 45.7 Å². The lowest BCUT2D eigenvalue weighted by Crippen LogP contribution is -2.48. The van der Waals surface area contributed by atoms with Crippen LogP contribution in [0.25, 0.3) is 0 Å². The monoisotopic (exact) mass is 483 g/mol. The number of nitrogens with one attached hydrogen (secondary N) is 1. The molecule has 3 amide bonds. The van der Waals surface area contributed by atoms with Gasteiger partial charge in [-0.05, 0) is 61.1 Å². The number of hydrogen-bond donors (Lipinski definition) is 1. The van der Waals surface area contributed by atoms with Crippen molar-refractivity contribution in [3.8, 4) is 0 Å². The van der Waals surface area contributed by atoms with Crippen LogP contribution in [0, 0.1) is 11.8 Å². The number of benzene rings is 1. The first-order chi connectivity index (χ1) is 16.1. The standard InChI is InChI=1S/C25H29N3O3S2/c1-32-14-12-21(28-24(30)19-9-2-3-10-20(19)25(28)31)23(29)27-18-8-6-7-17(15-18)16-33-22-11-4-5-13-26-22/h4-8,11,13,15,19-21H,2-3,9-10,12,14,16H2,1H3,(H,27,29). The number of rotatable bonds is 9. The highest BCUT2D eigenvalue weighted by atomic mass is 32.2. The maximum Gasteiger partial charge on any atom is 0.247 e. The van der Waals surface area contributed by atoms with Crippen LogP contribution in [0.1, 0.15) is 37.7 Å². The van der Waals surface area contributed by atoms with Gasteiger partial charge in [0.25, 0.3) is 0 Å². The Bertz CT molecular complexity index is 977. The third-order valence-electron chi connectivity index (χ3n) is 6.30. The molecule has 8 heteroatoms. The number of fused-ring (bicyclic) bond motifs is 1. The van der Waals surface area contributed by atoms with Gasteiger partial charge < -0.3 is 5.32 Å². The van der Waals surface area contributed by atoms with E-state index in [0.717, 1.165) is 42.0 Å². The summed E-state index contributed by atoms with van der Waals surface area (Å²) in [5.74, 6) is 0.316. The number of likely N-dealkylation sites (tertiary alicyclic amines) is 1. The first kappa shape index (κ1) is 23.8. The highest BCUT2D eigenvalue weighted by molar-refractivity contribution is 7.98. The van der Waals surface area contributed by atoms with E-state index in [1.54, 1.807) is 29.7 Å². The molecular weight excluding hydrogens is 454 g/mol. The predicted molar refractivity (Wildman–Crippen MR) is 133 cm³/mol. The van der Waals surface area contributed by atoms with Gasteiger partial charge in [-0.15, -0.1) is 11.8 Å². The van der Waals surface area contributed by atoms with Gasteiger partial charge in [0.15, 0.2) is 0 Å². The molecule has 2 fully saturated rings. The molecule has 3 atom stereocenters. The topological polar surface area (TPSA) is 79.4 Å². The zero-order valence-corrected chi connectivity index (χ0v) is 20.4. The van der Waals surface area contributed by atoms with Crippen molar-refractivity contribution in [2.75, 3.05) is 17.3 Å². The quantitative estimate of drug-likeness (QED) is 0.415. The molecule has 1 aromatic carbocycles. The second-order valence-corrected chi connectivity index (χ2v) is 10.5. The van der Waals surface area contributed by atoms with Crippen molar-refractivity contribution < 1.29 is 14.4 Å². The molecule has 1 aliphatic carbocycles. The zero-order chi connectivity index (χ0) is 23.2. The molecule has 4 rings (SSSR count). The summed E-state index contributed by atoms with van der Waals surface area (Å²) in [6.07, 6.45) is 7.63. The van der Waals surface area contributed by atoms with Gasteiger partial charge in [-0.1, -0.05) is 31.0 Å². The number of thioether (sulfide) groups is 2. The number of hydrogen-bond acceptors (Lipinski definition) is 6. The Balaban J connectivity index is 1.46. The maximum atomic E-state index is 13.3. The highest BCUT2D eigenvalue weighted by Crippen LogP contribution is 2.39. The summed E-state index contributed by atoms with van der Waals surface area (Å²) in [6, 6.07) is 12.7. The van der Waals surface area contributed by atoms with Crippen LogP contribution < -0.4 is 5.32 Å². The van der Waals surface area contributed by atoms with E-state index in [-0.39, 0.29) is 29.6 Å². The lowest BCUT2D eigenvalue weighted by atomic mass is 9.81. The van der Waals surface area contributed by atoms with Gasteiger partial charge in [-0.25, -0.2) is 4.98 Å². The molecule has 3 unspecified atom stereocenters. The zero-order valence-electron chi connectivity index (χ0n) is 18.7. The average molecular weight is 484 g/mol. The molecule has 6 nitrogen and oxygen atoms in total. The molecule has 2 aromatic rings. The Hall–Kier alpha value is -2.32. The van der Waals surface area contributed by atoms with Gasteiger partial charge in [-0.2, -0.15) is 11.8 Å². The minimum atomic E-state index is -0.769. The Morgan fingerprint density at radius 3 is 2.55 bits per heavy atom. The third kappa shape index (κ3) is 5.61. The number of nitrogens with zero attached hydrogens (tertiary/aromatic N) is 2. The maximum absolute atomic E-state index is 13.3. The Morgan fingerprint density at radius 2 is 1.88 bits per heavy atom. The van der Waals surface area contributed by atoms with Crippen LogP contribution in [0.15, 0.2) is 53.7 Å². The first-order valence-corrected chi connectivity index (χ1v) is 13.8. The molecule has 33 heavy (non-hydrogen) atoms. The van der Waals surface area contributed by atoms with Crippen LogP contribution in [0.5, 0.6) is 0 Å². The fraction of sp³-hybridized carbons (Fsp3) is 0.440. The number of pyridine rings is 1. The van der Waals surface area contributed by atoms with Crippen molar-refractivity contribution in [2.45, 2.75) is 48.9 Å². The number of carbonyl (C=O) groups excluding carboxylic acids is 3. The van der Waals surface area contributed by atoms with Gasteiger partial charge in [0.2, 0.25) is 17.7 Å². The minimum Gasteiger partial charge on any atom is -0.324 e. The summed E-state index contributed by atoms with van der Waals surface area (Å²) in [4.78, 5) is 45.1. The van der Waals surface area contributed by atoms with Gasteiger partial charge in [0, 0.05) is 17.6 Å². The molecule has 1 saturated heterocycles. The molecule has 174 valence electrons. The fourth-order valence-corrected chi connectivity index (χ4v) is 5.92. The van der Waals surface area contributed by atoms with E-state index in [9.17, 15) is 14.4 Å². The molecular formula is C25H29N3O3S2. The third-order valence-corrected chi connectivity index (χ3v) is 7.96. The van der Waals surface area contributed by atoms with Crippen molar-refractivity contribution in [1.82, 2.24) is 9.88 Å². The van der Waals surface area contributed by atoms with Crippen LogP contribution >= 0.6 is 23.5 Å². The molecule has 2 aliphatic rings. The molecule has 1 aliphatic heterocycles. The summed E-state index contributed by atoms with van der Waals surface area (Å²) in [6.45, 7) is 0. The van der Waals surface area contributed by atoms with Gasteiger partial charge in [0.05, 0.1) is 16.9 Å². The predicted octanol–water partition coefficient (Wildman–Crippen LogP) is 4.61. The van der Waals surface area contributed by atoms with E-state index in [4.69, 9.17) is 0 Å². The fourth-order valence-electron chi connectivity index (χ4n) is 4.66. The summed E-state index contributed by atoms with van der Waals surface area (Å²) in [7, 11) is 0. The largest absolute Gasteiger partial charge is 0.324 e. The van der Waals surface area contributed by atoms with E-state index in [0.29, 0.717) is 17.9 Å². The van der Waals surface area contributed by atoms with Crippen molar-refractivity contribution in [2.24, 2.45) is 11.8 Å². The number of anilines is 1. The van der Waals surface area contributed by atoms with Crippen molar-refractivity contribution in [3.05, 3.63) is 54.2 Å². The number of amides is 3. The lowest BCUT2D eigenvalue weighted by molar-refractivity contribution is -0.146. The van der Waals surface area contributed by atoms with E-state index in [1.165, 1.54) is 4.90 Å². The van der Waals surface area contributed by atoms with Crippen LogP contribution in [0.4, 0.5) is 5.69 Å². The number of imide groups is 1. The first-order valence-electron chi connectivity index (χ1n) is 11.4. The van der Waals surface area contributed by atoms with Crippen LogP contribution in [0.2, 0.25) is 0 Å². The number of aromatic nitrogens is 1. The molecule has 0 bridgehead atoms. The molecule has 0 spiro atoms.